The second-order valence-corrected chi connectivity index (χ2v) is 6.43. The van der Waals surface area contributed by atoms with Gasteiger partial charge in [0.05, 0.1) is 5.69 Å². The fourth-order valence-electron chi connectivity index (χ4n) is 2.46. The largest absolute Gasteiger partial charge is 0.378 e. The molecule has 0 unspecified atom stereocenters. The van der Waals surface area contributed by atoms with Gasteiger partial charge in [-0.25, -0.2) is 4.98 Å². The summed E-state index contributed by atoms with van der Waals surface area (Å²) in [5.74, 6) is 5.32. The number of amides is 1. The molecule has 5 nitrogen and oxygen atoms in total. The van der Waals surface area contributed by atoms with Crippen LogP contribution in [0.2, 0.25) is 5.02 Å². The number of imidazole rings is 1. The van der Waals surface area contributed by atoms with E-state index < -0.39 is 5.60 Å². The Balaban J connectivity index is 2.24. The van der Waals surface area contributed by atoms with Gasteiger partial charge in [-0.2, -0.15) is 0 Å². The summed E-state index contributed by atoms with van der Waals surface area (Å²) in [4.78, 5) is 18.5. The predicted octanol–water partition coefficient (Wildman–Crippen LogP) is 2.23. The second-order valence-electron chi connectivity index (χ2n) is 6.02. The maximum absolute atomic E-state index is 12.7. The minimum Gasteiger partial charge on any atom is -0.378 e. The van der Waals surface area contributed by atoms with Crippen molar-refractivity contribution in [3.05, 3.63) is 46.5 Å². The van der Waals surface area contributed by atoms with Gasteiger partial charge in [-0.15, -0.1) is 0 Å². The smallest absolute Gasteiger partial charge is 0.273 e. The number of hydrogen-bond acceptors (Lipinski definition) is 3. The Hall–Kier alpha value is -2.29. The summed E-state index contributed by atoms with van der Waals surface area (Å²) in [6.45, 7) is 3.57. The third kappa shape index (κ3) is 2.83. The molecular formula is C17H16ClN3O2. The highest BCUT2D eigenvalue weighted by atomic mass is 35.5. The SMILES string of the molecule is CN1Cc2c(Cl)cccc2-n2cnc(C#CC(C)(C)O)c2C1=O. The molecule has 1 aromatic heterocycles. The Morgan fingerprint density at radius 2 is 2.13 bits per heavy atom. The van der Waals surface area contributed by atoms with E-state index in [9.17, 15) is 9.90 Å². The summed E-state index contributed by atoms with van der Waals surface area (Å²) < 4.78 is 1.71. The molecule has 0 saturated carbocycles. The van der Waals surface area contributed by atoms with Gasteiger partial charge in [0.2, 0.25) is 0 Å². The summed E-state index contributed by atoms with van der Waals surface area (Å²) in [6.07, 6.45) is 1.57. The van der Waals surface area contributed by atoms with Crippen molar-refractivity contribution >= 4 is 17.5 Å². The Bertz CT molecular complexity index is 853. The van der Waals surface area contributed by atoms with E-state index in [1.54, 1.807) is 42.8 Å². The quantitative estimate of drug-likeness (QED) is 0.754. The molecule has 0 atom stereocenters. The maximum atomic E-state index is 12.7. The molecule has 118 valence electrons. The van der Waals surface area contributed by atoms with Crippen LogP contribution in [0.4, 0.5) is 0 Å². The van der Waals surface area contributed by atoms with Gasteiger partial charge in [0.15, 0.2) is 0 Å². The van der Waals surface area contributed by atoms with Gasteiger partial charge in [0.1, 0.15) is 23.3 Å². The number of benzene rings is 1. The minimum atomic E-state index is -1.16. The zero-order chi connectivity index (χ0) is 16.8. The Morgan fingerprint density at radius 3 is 2.83 bits per heavy atom. The number of carbonyl (C=O) groups is 1. The van der Waals surface area contributed by atoms with Gasteiger partial charge < -0.3 is 10.0 Å². The predicted molar refractivity (Wildman–Crippen MR) is 87.5 cm³/mol. The summed E-state index contributed by atoms with van der Waals surface area (Å²) in [5.41, 5.74) is 1.25. The van der Waals surface area contributed by atoms with E-state index >= 15 is 0 Å². The lowest BCUT2D eigenvalue weighted by Gasteiger charge is -2.15. The molecule has 2 aromatic rings. The number of nitrogens with zero attached hydrogens (tertiary/aromatic N) is 3. The van der Waals surface area contributed by atoms with Crippen molar-refractivity contribution in [3.63, 3.8) is 0 Å². The molecule has 0 fully saturated rings. The van der Waals surface area contributed by atoms with Gasteiger partial charge >= 0.3 is 0 Å². The Labute approximate surface area is 139 Å². The zero-order valence-electron chi connectivity index (χ0n) is 13.1. The van der Waals surface area contributed by atoms with Crippen molar-refractivity contribution in [2.24, 2.45) is 0 Å². The third-order valence-corrected chi connectivity index (χ3v) is 3.91. The molecule has 3 rings (SSSR count). The van der Waals surface area contributed by atoms with E-state index in [1.165, 1.54) is 0 Å². The van der Waals surface area contributed by atoms with Crippen LogP contribution >= 0.6 is 11.6 Å². The monoisotopic (exact) mass is 329 g/mol. The lowest BCUT2D eigenvalue weighted by atomic mass is 10.1. The van der Waals surface area contributed by atoms with E-state index in [2.05, 4.69) is 16.8 Å². The van der Waals surface area contributed by atoms with Crippen molar-refractivity contribution in [2.75, 3.05) is 7.05 Å². The minimum absolute atomic E-state index is 0.185. The molecule has 1 aliphatic heterocycles. The average molecular weight is 330 g/mol. The van der Waals surface area contributed by atoms with E-state index in [0.29, 0.717) is 23.0 Å². The summed E-state index contributed by atoms with van der Waals surface area (Å²) in [6, 6.07) is 5.53. The Kier molecular flexibility index (Phi) is 3.67. The number of hydrogen-bond donors (Lipinski definition) is 1. The average Bonchev–Trinajstić information content (AvgIpc) is 2.85. The molecule has 6 heteroatoms. The van der Waals surface area contributed by atoms with Gasteiger partial charge in [-0.3, -0.25) is 9.36 Å². The molecular weight excluding hydrogens is 314 g/mol. The van der Waals surface area contributed by atoms with Crippen molar-refractivity contribution < 1.29 is 9.90 Å². The summed E-state index contributed by atoms with van der Waals surface area (Å²) >= 11 is 6.29. The number of halogens is 1. The van der Waals surface area contributed by atoms with E-state index in [-0.39, 0.29) is 5.91 Å². The molecule has 0 aliphatic carbocycles. The van der Waals surface area contributed by atoms with Crippen LogP contribution in [0.25, 0.3) is 5.69 Å². The van der Waals surface area contributed by atoms with Crippen LogP contribution in [0.5, 0.6) is 0 Å². The molecule has 2 heterocycles. The van der Waals surface area contributed by atoms with Gasteiger partial charge in [0.25, 0.3) is 5.91 Å². The zero-order valence-corrected chi connectivity index (χ0v) is 13.8. The van der Waals surface area contributed by atoms with E-state index in [4.69, 9.17) is 11.6 Å². The van der Waals surface area contributed by atoms with Crippen LogP contribution in [0.3, 0.4) is 0 Å². The highest BCUT2D eigenvalue weighted by Gasteiger charge is 2.28. The highest BCUT2D eigenvalue weighted by Crippen LogP contribution is 2.30. The lowest BCUT2D eigenvalue weighted by molar-refractivity contribution is 0.0782. The third-order valence-electron chi connectivity index (χ3n) is 3.55. The molecule has 0 spiro atoms. The Morgan fingerprint density at radius 1 is 1.39 bits per heavy atom. The molecule has 0 bridgehead atoms. The molecule has 0 radical (unpaired) electrons. The van der Waals surface area contributed by atoms with Gasteiger partial charge in [-0.1, -0.05) is 23.6 Å². The number of rotatable bonds is 0. The first kappa shape index (κ1) is 15.6. The first-order valence-electron chi connectivity index (χ1n) is 7.14. The van der Waals surface area contributed by atoms with Crippen LogP contribution in [0, 0.1) is 11.8 Å². The standard InChI is InChI=1S/C17H16ClN3O2/c1-17(2,23)8-7-13-15-16(22)20(3)9-11-12(18)5-4-6-14(11)21(15)10-19-13/h4-6,10,23H,9H2,1-3H3. The fraction of sp³-hybridized carbons (Fsp3) is 0.294. The van der Waals surface area contributed by atoms with Crippen molar-refractivity contribution in [2.45, 2.75) is 26.0 Å². The van der Waals surface area contributed by atoms with Gasteiger partial charge in [-0.05, 0) is 31.9 Å². The molecule has 0 saturated heterocycles. The fourth-order valence-corrected chi connectivity index (χ4v) is 2.69. The molecule has 1 N–H and O–H groups in total. The number of aliphatic hydroxyl groups is 1. The van der Waals surface area contributed by atoms with Crippen molar-refractivity contribution in [1.82, 2.24) is 14.5 Å². The number of aromatic nitrogens is 2. The van der Waals surface area contributed by atoms with Crippen LogP contribution in [-0.2, 0) is 6.54 Å². The van der Waals surface area contributed by atoms with E-state index in [1.807, 2.05) is 12.1 Å². The first-order valence-corrected chi connectivity index (χ1v) is 7.52. The second kappa shape index (κ2) is 5.41. The van der Waals surface area contributed by atoms with E-state index in [0.717, 1.165) is 11.3 Å². The molecule has 1 aromatic carbocycles. The molecule has 1 aliphatic rings. The van der Waals surface area contributed by atoms with Crippen LogP contribution in [0.15, 0.2) is 24.5 Å². The van der Waals surface area contributed by atoms with Crippen molar-refractivity contribution in [1.29, 1.82) is 0 Å². The number of carbonyl (C=O) groups excluding carboxylic acids is 1. The lowest BCUT2D eigenvalue weighted by Crippen LogP contribution is -2.26. The number of fused-ring (bicyclic) bond motifs is 3. The van der Waals surface area contributed by atoms with Crippen molar-refractivity contribution in [3.8, 4) is 17.5 Å². The van der Waals surface area contributed by atoms with Crippen LogP contribution in [-0.4, -0.2) is 38.1 Å². The highest BCUT2D eigenvalue weighted by molar-refractivity contribution is 6.31. The van der Waals surface area contributed by atoms with Crippen LogP contribution in [0.1, 0.15) is 35.6 Å². The first-order chi connectivity index (χ1) is 10.8. The molecule has 23 heavy (non-hydrogen) atoms. The normalized spacial score (nSPS) is 13.8. The topological polar surface area (TPSA) is 58.4 Å². The van der Waals surface area contributed by atoms with Crippen LogP contribution < -0.4 is 0 Å². The summed E-state index contributed by atoms with van der Waals surface area (Å²) in [5, 5.41) is 10.4. The van der Waals surface area contributed by atoms with Gasteiger partial charge in [0, 0.05) is 24.2 Å². The molecule has 1 amide bonds. The maximum Gasteiger partial charge on any atom is 0.273 e. The summed E-state index contributed by atoms with van der Waals surface area (Å²) in [7, 11) is 1.71.